The molecule has 8 heteroatoms. The fourth-order valence-electron chi connectivity index (χ4n) is 1.94. The first-order chi connectivity index (χ1) is 10.6. The fraction of sp³-hybridized carbons (Fsp3) is 0.533. The molecule has 0 bridgehead atoms. The van der Waals surface area contributed by atoms with Crippen LogP contribution in [0.15, 0.2) is 29.2 Å². The van der Waals surface area contributed by atoms with E-state index in [2.05, 4.69) is 4.72 Å². The predicted octanol–water partition coefficient (Wildman–Crippen LogP) is 1.84. The zero-order valence-corrected chi connectivity index (χ0v) is 14.9. The minimum absolute atomic E-state index is 0.0841. The Morgan fingerprint density at radius 3 is 2.17 bits per heavy atom. The van der Waals surface area contributed by atoms with Crippen molar-refractivity contribution in [2.24, 2.45) is 0 Å². The number of rotatable bonds is 6. The molecule has 0 fully saturated rings. The molecule has 0 saturated carbocycles. The van der Waals surface area contributed by atoms with E-state index in [1.54, 1.807) is 12.1 Å². The molecule has 1 amide bonds. The van der Waals surface area contributed by atoms with Gasteiger partial charge in [-0.15, -0.1) is 0 Å². The van der Waals surface area contributed by atoms with Crippen LogP contribution < -0.4 is 9.46 Å². The van der Waals surface area contributed by atoms with Crippen molar-refractivity contribution >= 4 is 16.1 Å². The summed E-state index contributed by atoms with van der Waals surface area (Å²) >= 11 is 0. The van der Waals surface area contributed by atoms with Crippen LogP contribution >= 0.6 is 0 Å². The molecule has 23 heavy (non-hydrogen) atoms. The Labute approximate surface area is 137 Å². The molecule has 0 unspecified atom stereocenters. The van der Waals surface area contributed by atoms with Gasteiger partial charge in [-0.3, -0.25) is 0 Å². The zero-order chi connectivity index (χ0) is 17.7. The monoisotopic (exact) mass is 344 g/mol. The van der Waals surface area contributed by atoms with Gasteiger partial charge in [0.1, 0.15) is 5.75 Å². The lowest BCUT2D eigenvalue weighted by Crippen LogP contribution is -2.48. The standard InChI is InChI=1S/C15H24N2O5S/c1-15(2,3)17(14(18)22-5)11-10-16-23(19,20)13-8-6-12(21-4)7-9-13/h6-9,16H,10-11H2,1-5H3. The lowest BCUT2D eigenvalue weighted by molar-refractivity contribution is 0.0850. The summed E-state index contributed by atoms with van der Waals surface area (Å²) in [6, 6.07) is 6.07. The van der Waals surface area contributed by atoms with Gasteiger partial charge in [0.05, 0.1) is 19.1 Å². The summed E-state index contributed by atoms with van der Waals surface area (Å²) in [5.41, 5.74) is -0.474. The fourth-order valence-corrected chi connectivity index (χ4v) is 2.96. The number of sulfonamides is 1. The van der Waals surface area contributed by atoms with E-state index in [-0.39, 0.29) is 18.0 Å². The van der Waals surface area contributed by atoms with Crippen LogP contribution in [0.2, 0.25) is 0 Å². The number of nitrogens with one attached hydrogen (secondary N) is 1. The van der Waals surface area contributed by atoms with E-state index in [0.717, 1.165) is 0 Å². The maximum Gasteiger partial charge on any atom is 0.409 e. The summed E-state index contributed by atoms with van der Waals surface area (Å²) < 4.78 is 36.6. The van der Waals surface area contributed by atoms with Gasteiger partial charge in [0, 0.05) is 18.6 Å². The van der Waals surface area contributed by atoms with Crippen LogP contribution in [0.1, 0.15) is 20.8 Å². The van der Waals surface area contributed by atoms with E-state index in [9.17, 15) is 13.2 Å². The summed E-state index contributed by atoms with van der Waals surface area (Å²) in [4.78, 5) is 13.4. The van der Waals surface area contributed by atoms with E-state index in [1.165, 1.54) is 31.3 Å². The van der Waals surface area contributed by atoms with Crippen molar-refractivity contribution in [3.63, 3.8) is 0 Å². The molecular weight excluding hydrogens is 320 g/mol. The van der Waals surface area contributed by atoms with E-state index in [4.69, 9.17) is 9.47 Å². The third-order valence-corrected chi connectivity index (χ3v) is 4.68. The Bertz CT molecular complexity index is 620. The van der Waals surface area contributed by atoms with E-state index < -0.39 is 21.7 Å². The number of hydrogen-bond donors (Lipinski definition) is 1. The van der Waals surface area contributed by atoms with Gasteiger partial charge in [-0.1, -0.05) is 0 Å². The van der Waals surface area contributed by atoms with Crippen molar-refractivity contribution in [2.75, 3.05) is 27.3 Å². The molecule has 0 aliphatic heterocycles. The first kappa shape index (κ1) is 19.2. The van der Waals surface area contributed by atoms with Gasteiger partial charge >= 0.3 is 6.09 Å². The number of nitrogens with zero attached hydrogens (tertiary/aromatic N) is 1. The molecule has 1 N–H and O–H groups in total. The topological polar surface area (TPSA) is 84.9 Å². The number of methoxy groups -OCH3 is 2. The van der Waals surface area contributed by atoms with Gasteiger partial charge in [-0.25, -0.2) is 17.9 Å². The summed E-state index contributed by atoms with van der Waals surface area (Å²) in [5.74, 6) is 0.577. The molecule has 1 aromatic carbocycles. The molecule has 0 atom stereocenters. The maximum atomic E-state index is 12.2. The maximum absolute atomic E-state index is 12.2. The summed E-state index contributed by atoms with van der Waals surface area (Å²) in [5, 5.41) is 0. The molecule has 0 aliphatic rings. The van der Waals surface area contributed by atoms with Gasteiger partial charge in [0.15, 0.2) is 0 Å². The molecule has 0 aliphatic carbocycles. The smallest absolute Gasteiger partial charge is 0.409 e. The van der Waals surface area contributed by atoms with Crippen molar-refractivity contribution in [3.05, 3.63) is 24.3 Å². The Hall–Kier alpha value is -1.80. The molecule has 1 aromatic rings. The highest BCUT2D eigenvalue weighted by Crippen LogP contribution is 2.16. The Morgan fingerprint density at radius 2 is 1.74 bits per heavy atom. The summed E-state index contributed by atoms with van der Waals surface area (Å²) in [6.07, 6.45) is -0.499. The highest BCUT2D eigenvalue weighted by atomic mass is 32.2. The number of hydrogen-bond acceptors (Lipinski definition) is 5. The second-order valence-corrected chi connectivity index (χ2v) is 7.63. The summed E-state index contributed by atoms with van der Waals surface area (Å²) in [7, 11) is -0.839. The SMILES string of the molecule is COC(=O)N(CCNS(=O)(=O)c1ccc(OC)cc1)C(C)(C)C. The second-order valence-electron chi connectivity index (χ2n) is 5.87. The van der Waals surface area contributed by atoms with Gasteiger partial charge < -0.3 is 14.4 Å². The highest BCUT2D eigenvalue weighted by molar-refractivity contribution is 7.89. The van der Waals surface area contributed by atoms with Crippen LogP contribution in [-0.4, -0.2) is 52.3 Å². The highest BCUT2D eigenvalue weighted by Gasteiger charge is 2.27. The Balaban J connectivity index is 2.73. The average Bonchev–Trinajstić information content (AvgIpc) is 2.49. The minimum atomic E-state index is -3.64. The predicted molar refractivity (Wildman–Crippen MR) is 87.0 cm³/mol. The number of carbonyl (C=O) groups is 1. The molecule has 0 heterocycles. The van der Waals surface area contributed by atoms with Crippen LogP contribution in [-0.2, 0) is 14.8 Å². The average molecular weight is 344 g/mol. The zero-order valence-electron chi connectivity index (χ0n) is 14.1. The van der Waals surface area contributed by atoms with E-state index >= 15 is 0 Å². The van der Waals surface area contributed by atoms with Crippen LogP contribution in [0, 0.1) is 0 Å². The van der Waals surface area contributed by atoms with Crippen LogP contribution in [0.5, 0.6) is 5.75 Å². The van der Waals surface area contributed by atoms with Crippen molar-refractivity contribution in [1.29, 1.82) is 0 Å². The van der Waals surface area contributed by atoms with Gasteiger partial charge in [0.2, 0.25) is 10.0 Å². The minimum Gasteiger partial charge on any atom is -0.497 e. The third-order valence-electron chi connectivity index (χ3n) is 3.20. The first-order valence-electron chi connectivity index (χ1n) is 7.11. The quantitative estimate of drug-likeness (QED) is 0.851. The molecule has 1 rings (SSSR count). The first-order valence-corrected chi connectivity index (χ1v) is 8.59. The van der Waals surface area contributed by atoms with Crippen molar-refractivity contribution in [1.82, 2.24) is 9.62 Å². The van der Waals surface area contributed by atoms with Crippen LogP contribution in [0.4, 0.5) is 4.79 Å². The van der Waals surface area contributed by atoms with Crippen LogP contribution in [0.3, 0.4) is 0 Å². The normalized spacial score (nSPS) is 11.9. The Morgan fingerprint density at radius 1 is 1.17 bits per heavy atom. The van der Waals surface area contributed by atoms with Gasteiger partial charge in [-0.05, 0) is 45.0 Å². The summed E-state index contributed by atoms with van der Waals surface area (Å²) in [6.45, 7) is 5.83. The molecule has 130 valence electrons. The molecule has 0 radical (unpaired) electrons. The van der Waals surface area contributed by atoms with Crippen LogP contribution in [0.25, 0.3) is 0 Å². The van der Waals surface area contributed by atoms with Crippen molar-refractivity contribution in [2.45, 2.75) is 31.2 Å². The molecule has 0 aromatic heterocycles. The third kappa shape index (κ3) is 5.40. The van der Waals surface area contributed by atoms with Crippen molar-refractivity contribution in [3.8, 4) is 5.75 Å². The molecule has 0 spiro atoms. The molecule has 0 saturated heterocycles. The van der Waals surface area contributed by atoms with Gasteiger partial charge in [0.25, 0.3) is 0 Å². The largest absolute Gasteiger partial charge is 0.497 e. The second kappa shape index (κ2) is 7.65. The van der Waals surface area contributed by atoms with E-state index in [0.29, 0.717) is 5.75 Å². The molecule has 7 nitrogen and oxygen atoms in total. The van der Waals surface area contributed by atoms with E-state index in [1.807, 2.05) is 20.8 Å². The number of carbonyl (C=O) groups excluding carboxylic acids is 1. The Kier molecular flexibility index (Phi) is 6.40. The lowest BCUT2D eigenvalue weighted by atomic mass is 10.1. The molecular formula is C15H24N2O5S. The lowest BCUT2D eigenvalue weighted by Gasteiger charge is -2.34. The number of benzene rings is 1. The van der Waals surface area contributed by atoms with Crippen molar-refractivity contribution < 1.29 is 22.7 Å². The number of amides is 1. The van der Waals surface area contributed by atoms with Gasteiger partial charge in [-0.2, -0.15) is 0 Å². The number of ether oxygens (including phenoxy) is 2.